The highest BCUT2D eigenvalue weighted by atomic mass is 16.5. The van der Waals surface area contributed by atoms with E-state index < -0.39 is 11.9 Å². The summed E-state index contributed by atoms with van der Waals surface area (Å²) in [4.78, 5) is 27.0. The van der Waals surface area contributed by atoms with Gasteiger partial charge in [0.1, 0.15) is 0 Å². The number of hydrogen-bond donors (Lipinski definition) is 1. The molecule has 0 atom stereocenters. The van der Waals surface area contributed by atoms with Gasteiger partial charge in [0, 0.05) is 18.3 Å². The maximum Gasteiger partial charge on any atom is 0.339 e. The van der Waals surface area contributed by atoms with Crippen LogP contribution in [0.3, 0.4) is 0 Å². The van der Waals surface area contributed by atoms with Gasteiger partial charge in [-0.05, 0) is 24.3 Å². The molecule has 0 radical (unpaired) electrons. The van der Waals surface area contributed by atoms with Gasteiger partial charge in [0.25, 0.3) is 0 Å². The molecule has 102 valence electrons. The number of hydrogen-bond acceptors (Lipinski definition) is 4. The summed E-state index contributed by atoms with van der Waals surface area (Å²) in [6, 6.07) is 11.5. The Morgan fingerprint density at radius 1 is 1.05 bits per heavy atom. The molecule has 1 aromatic heterocycles. The van der Waals surface area contributed by atoms with Crippen LogP contribution in [0.25, 0.3) is 0 Å². The first kappa shape index (κ1) is 13.7. The van der Waals surface area contributed by atoms with Gasteiger partial charge in [0.05, 0.1) is 17.7 Å². The smallest absolute Gasteiger partial charge is 0.339 e. The molecule has 0 bridgehead atoms. The third-order valence-corrected chi connectivity index (χ3v) is 2.69. The molecule has 20 heavy (non-hydrogen) atoms. The van der Waals surface area contributed by atoms with Crippen LogP contribution in [-0.4, -0.2) is 28.6 Å². The molecule has 0 unspecified atom stereocenters. The zero-order valence-electron chi connectivity index (χ0n) is 10.7. The van der Waals surface area contributed by atoms with Crippen LogP contribution in [0.15, 0.2) is 48.7 Å². The van der Waals surface area contributed by atoms with E-state index in [2.05, 4.69) is 4.98 Å². The van der Waals surface area contributed by atoms with Crippen LogP contribution < -0.4 is 0 Å². The second-order valence-electron chi connectivity index (χ2n) is 4.06. The fourth-order valence-corrected chi connectivity index (χ4v) is 1.72. The highest BCUT2D eigenvalue weighted by Crippen LogP contribution is 2.10. The molecule has 5 heteroatoms. The minimum Gasteiger partial charge on any atom is -0.478 e. The average Bonchev–Trinajstić information content (AvgIpc) is 2.48. The number of esters is 1. The lowest BCUT2D eigenvalue weighted by Gasteiger charge is -2.06. The van der Waals surface area contributed by atoms with E-state index in [1.165, 1.54) is 12.1 Å². The second-order valence-corrected chi connectivity index (χ2v) is 4.06. The summed E-state index contributed by atoms with van der Waals surface area (Å²) >= 11 is 0. The molecule has 0 saturated carbocycles. The van der Waals surface area contributed by atoms with Crippen molar-refractivity contribution in [1.82, 2.24) is 4.98 Å². The van der Waals surface area contributed by atoms with Crippen molar-refractivity contribution in [1.29, 1.82) is 0 Å². The molecule has 1 heterocycles. The molecule has 0 amide bonds. The first-order chi connectivity index (χ1) is 9.68. The van der Waals surface area contributed by atoms with Crippen LogP contribution in [-0.2, 0) is 11.2 Å². The topological polar surface area (TPSA) is 76.5 Å². The van der Waals surface area contributed by atoms with E-state index in [-0.39, 0.29) is 17.7 Å². The van der Waals surface area contributed by atoms with E-state index in [1.54, 1.807) is 24.4 Å². The van der Waals surface area contributed by atoms with Gasteiger partial charge in [-0.25, -0.2) is 9.59 Å². The highest BCUT2D eigenvalue weighted by molar-refractivity contribution is 6.02. The Hall–Kier alpha value is -2.69. The fraction of sp³-hybridized carbons (Fsp3) is 0.133. The Labute approximate surface area is 115 Å². The summed E-state index contributed by atoms with van der Waals surface area (Å²) in [5, 5.41) is 9.00. The maximum atomic E-state index is 11.9. The summed E-state index contributed by atoms with van der Waals surface area (Å²) in [6.45, 7) is 0.157. The molecular formula is C15H13NO4. The van der Waals surface area contributed by atoms with E-state index in [0.717, 1.165) is 5.69 Å². The van der Waals surface area contributed by atoms with E-state index in [9.17, 15) is 9.59 Å². The van der Waals surface area contributed by atoms with E-state index in [1.807, 2.05) is 12.1 Å². The number of carboxylic acids is 1. The van der Waals surface area contributed by atoms with Crippen molar-refractivity contribution < 1.29 is 19.4 Å². The van der Waals surface area contributed by atoms with Crippen molar-refractivity contribution in [3.63, 3.8) is 0 Å². The molecule has 0 spiro atoms. The van der Waals surface area contributed by atoms with Crippen LogP contribution in [0, 0.1) is 0 Å². The van der Waals surface area contributed by atoms with Crippen LogP contribution >= 0.6 is 0 Å². The quantitative estimate of drug-likeness (QED) is 0.843. The Bertz CT molecular complexity index is 610. The molecule has 1 N–H and O–H groups in total. The summed E-state index contributed by atoms with van der Waals surface area (Å²) in [7, 11) is 0. The average molecular weight is 271 g/mol. The van der Waals surface area contributed by atoms with Crippen LogP contribution in [0.2, 0.25) is 0 Å². The van der Waals surface area contributed by atoms with Crippen molar-refractivity contribution >= 4 is 11.9 Å². The summed E-state index contributed by atoms with van der Waals surface area (Å²) in [6.07, 6.45) is 2.15. The van der Waals surface area contributed by atoms with Crippen molar-refractivity contribution in [2.24, 2.45) is 0 Å². The van der Waals surface area contributed by atoms with Crippen LogP contribution in [0.5, 0.6) is 0 Å². The summed E-state index contributed by atoms with van der Waals surface area (Å²) in [5.41, 5.74) is 0.808. The van der Waals surface area contributed by atoms with Crippen molar-refractivity contribution in [2.45, 2.75) is 6.42 Å². The summed E-state index contributed by atoms with van der Waals surface area (Å²) < 4.78 is 5.08. The lowest BCUT2D eigenvalue weighted by atomic mass is 10.1. The first-order valence-electron chi connectivity index (χ1n) is 6.08. The fourth-order valence-electron chi connectivity index (χ4n) is 1.72. The van der Waals surface area contributed by atoms with Crippen molar-refractivity contribution in [2.75, 3.05) is 6.61 Å². The molecule has 5 nitrogen and oxygen atoms in total. The number of carbonyl (C=O) groups is 2. The number of nitrogens with zero attached hydrogens (tertiary/aromatic N) is 1. The van der Waals surface area contributed by atoms with Gasteiger partial charge in [-0.15, -0.1) is 0 Å². The Kier molecular flexibility index (Phi) is 4.44. The summed E-state index contributed by atoms with van der Waals surface area (Å²) in [5.74, 6) is -1.79. The predicted molar refractivity (Wildman–Crippen MR) is 71.6 cm³/mol. The minimum absolute atomic E-state index is 0.0565. The van der Waals surface area contributed by atoms with Gasteiger partial charge >= 0.3 is 11.9 Å². The van der Waals surface area contributed by atoms with Gasteiger partial charge in [-0.1, -0.05) is 18.2 Å². The molecule has 2 rings (SSSR count). The van der Waals surface area contributed by atoms with Crippen molar-refractivity contribution in [3.8, 4) is 0 Å². The van der Waals surface area contributed by atoms with Gasteiger partial charge < -0.3 is 9.84 Å². The standard InChI is InChI=1S/C15H13NO4/c17-14(18)12-6-1-2-7-13(12)15(19)20-10-8-11-5-3-4-9-16-11/h1-7,9H,8,10H2,(H,17,18). The molecule has 0 saturated heterocycles. The van der Waals surface area contributed by atoms with Crippen LogP contribution in [0.4, 0.5) is 0 Å². The molecule has 0 fully saturated rings. The molecule has 0 aliphatic carbocycles. The number of carbonyl (C=O) groups excluding carboxylic acids is 1. The Morgan fingerprint density at radius 3 is 2.40 bits per heavy atom. The minimum atomic E-state index is -1.15. The number of aromatic nitrogens is 1. The van der Waals surface area contributed by atoms with E-state index in [4.69, 9.17) is 9.84 Å². The monoisotopic (exact) mass is 271 g/mol. The predicted octanol–water partition coefficient (Wildman–Crippen LogP) is 2.18. The lowest BCUT2D eigenvalue weighted by molar-refractivity contribution is 0.0497. The molecule has 0 aliphatic heterocycles. The Balaban J connectivity index is 1.97. The second kappa shape index (κ2) is 6.47. The zero-order valence-corrected chi connectivity index (χ0v) is 10.7. The van der Waals surface area contributed by atoms with Gasteiger partial charge in [0.2, 0.25) is 0 Å². The molecule has 2 aromatic rings. The van der Waals surface area contributed by atoms with E-state index >= 15 is 0 Å². The number of pyridine rings is 1. The molecule has 1 aromatic carbocycles. The van der Waals surface area contributed by atoms with Gasteiger partial charge in [-0.2, -0.15) is 0 Å². The maximum absolute atomic E-state index is 11.9. The molecular weight excluding hydrogens is 258 g/mol. The lowest BCUT2D eigenvalue weighted by Crippen LogP contribution is -2.13. The number of benzene rings is 1. The largest absolute Gasteiger partial charge is 0.478 e. The number of carboxylic acid groups (broad SMARTS) is 1. The van der Waals surface area contributed by atoms with E-state index in [0.29, 0.717) is 6.42 Å². The number of rotatable bonds is 5. The SMILES string of the molecule is O=C(O)c1ccccc1C(=O)OCCc1ccccn1. The third kappa shape index (κ3) is 3.41. The zero-order chi connectivity index (χ0) is 14.4. The number of ether oxygens (including phenoxy) is 1. The molecule has 0 aliphatic rings. The van der Waals surface area contributed by atoms with Gasteiger partial charge in [0.15, 0.2) is 0 Å². The number of aromatic carboxylic acids is 1. The Morgan fingerprint density at radius 2 is 1.75 bits per heavy atom. The third-order valence-electron chi connectivity index (χ3n) is 2.69. The van der Waals surface area contributed by atoms with Crippen LogP contribution in [0.1, 0.15) is 26.4 Å². The van der Waals surface area contributed by atoms with Gasteiger partial charge in [-0.3, -0.25) is 4.98 Å². The highest BCUT2D eigenvalue weighted by Gasteiger charge is 2.16. The van der Waals surface area contributed by atoms with Crippen molar-refractivity contribution in [3.05, 3.63) is 65.5 Å². The normalized spacial score (nSPS) is 10.0. The first-order valence-corrected chi connectivity index (χ1v) is 6.08.